The third kappa shape index (κ3) is 5.02. The van der Waals surface area contributed by atoms with Crippen LogP contribution in [0.4, 0.5) is 0 Å². The number of aromatic nitrogens is 2. The fraction of sp³-hybridized carbons (Fsp3) is 0.450. The summed E-state index contributed by atoms with van der Waals surface area (Å²) in [5.41, 5.74) is 1.35. The second-order valence-corrected chi connectivity index (χ2v) is 6.66. The zero-order valence-electron chi connectivity index (χ0n) is 14.6. The number of hydrogen-bond acceptors (Lipinski definition) is 4. The van der Waals surface area contributed by atoms with Gasteiger partial charge in [0.05, 0.1) is 11.3 Å². The molecule has 2 aromatic heterocycles. The van der Waals surface area contributed by atoms with Crippen molar-refractivity contribution in [2.24, 2.45) is 5.92 Å². The van der Waals surface area contributed by atoms with Crippen LogP contribution in [0, 0.1) is 5.92 Å². The Balaban J connectivity index is 1.51. The molecule has 1 unspecified atom stereocenters. The van der Waals surface area contributed by atoms with Gasteiger partial charge < -0.3 is 10.1 Å². The first kappa shape index (κ1) is 17.4. The molecule has 1 amide bonds. The summed E-state index contributed by atoms with van der Waals surface area (Å²) in [6.45, 7) is 2.44. The number of amides is 1. The van der Waals surface area contributed by atoms with Gasteiger partial charge in [0.25, 0.3) is 5.91 Å². The van der Waals surface area contributed by atoms with E-state index in [4.69, 9.17) is 4.74 Å². The van der Waals surface area contributed by atoms with E-state index < -0.39 is 0 Å². The van der Waals surface area contributed by atoms with Gasteiger partial charge in [0.2, 0.25) is 5.88 Å². The van der Waals surface area contributed by atoms with Crippen LogP contribution in [0.1, 0.15) is 55.1 Å². The first-order chi connectivity index (χ1) is 12.2. The van der Waals surface area contributed by atoms with Gasteiger partial charge in [-0.3, -0.25) is 9.78 Å². The highest BCUT2D eigenvalue weighted by Crippen LogP contribution is 2.26. The first-order valence-corrected chi connectivity index (χ1v) is 9.02. The molecule has 25 heavy (non-hydrogen) atoms. The lowest BCUT2D eigenvalue weighted by atomic mass is 9.84. The fourth-order valence-electron chi connectivity index (χ4n) is 3.27. The minimum Gasteiger partial charge on any atom is -0.471 e. The van der Waals surface area contributed by atoms with Crippen molar-refractivity contribution >= 4 is 5.91 Å². The monoisotopic (exact) mass is 339 g/mol. The largest absolute Gasteiger partial charge is 0.471 e. The maximum Gasteiger partial charge on any atom is 0.253 e. The smallest absolute Gasteiger partial charge is 0.253 e. The van der Waals surface area contributed by atoms with Crippen molar-refractivity contribution in [1.29, 1.82) is 0 Å². The van der Waals surface area contributed by atoms with Crippen molar-refractivity contribution < 1.29 is 9.53 Å². The van der Waals surface area contributed by atoms with Gasteiger partial charge in [-0.2, -0.15) is 0 Å². The summed E-state index contributed by atoms with van der Waals surface area (Å²) in [5.74, 6) is 1.10. The average molecular weight is 339 g/mol. The van der Waals surface area contributed by atoms with Gasteiger partial charge in [0, 0.05) is 24.5 Å². The van der Waals surface area contributed by atoms with Crippen molar-refractivity contribution in [3.8, 4) is 5.88 Å². The van der Waals surface area contributed by atoms with E-state index in [2.05, 4.69) is 22.2 Å². The molecule has 1 aliphatic rings. The predicted octanol–water partition coefficient (Wildman–Crippen LogP) is 3.75. The maximum absolute atomic E-state index is 12.4. The Morgan fingerprint density at radius 1 is 1.20 bits per heavy atom. The van der Waals surface area contributed by atoms with Crippen molar-refractivity contribution in [2.45, 2.75) is 51.7 Å². The minimum atomic E-state index is -0.0530. The third-order valence-electron chi connectivity index (χ3n) is 4.81. The van der Waals surface area contributed by atoms with E-state index in [1.54, 1.807) is 24.5 Å². The van der Waals surface area contributed by atoms with Crippen LogP contribution in [0.15, 0.2) is 42.7 Å². The number of nitrogens with one attached hydrogen (secondary N) is 1. The summed E-state index contributed by atoms with van der Waals surface area (Å²) in [5, 5.41) is 3.12. The van der Waals surface area contributed by atoms with E-state index in [9.17, 15) is 4.79 Å². The molecule has 2 aromatic rings. The molecule has 1 aliphatic carbocycles. The predicted molar refractivity (Wildman–Crippen MR) is 96.3 cm³/mol. The molecule has 0 bridgehead atoms. The Morgan fingerprint density at radius 3 is 2.72 bits per heavy atom. The molecule has 0 radical (unpaired) electrons. The summed E-state index contributed by atoms with van der Waals surface area (Å²) < 4.78 is 5.56. The number of hydrogen-bond donors (Lipinski definition) is 1. The molecule has 5 heteroatoms. The van der Waals surface area contributed by atoms with E-state index >= 15 is 0 Å². The highest BCUT2D eigenvalue weighted by Gasteiger charge is 2.21. The Morgan fingerprint density at radius 2 is 2.04 bits per heavy atom. The average Bonchev–Trinajstić information content (AvgIpc) is 2.68. The Hall–Kier alpha value is -2.43. The molecule has 1 fully saturated rings. The fourth-order valence-corrected chi connectivity index (χ4v) is 3.27. The highest BCUT2D eigenvalue weighted by atomic mass is 16.5. The van der Waals surface area contributed by atoms with Gasteiger partial charge >= 0.3 is 0 Å². The number of carbonyl (C=O) groups is 1. The standard InChI is InChI=1S/C20H25N3O2/c1-15(16-7-3-2-4-8-16)23-20(24)17-10-11-18(22-13-17)14-25-19-9-5-6-12-21-19/h5-6,9-13,15-16H,2-4,7-8,14H2,1H3,(H,23,24). The quantitative estimate of drug-likeness (QED) is 0.870. The SMILES string of the molecule is CC(NC(=O)c1ccc(COc2ccccn2)nc1)C1CCCCC1. The number of carbonyl (C=O) groups excluding carboxylic acids is 1. The van der Waals surface area contributed by atoms with Crippen molar-refractivity contribution in [3.05, 3.63) is 54.0 Å². The first-order valence-electron chi connectivity index (χ1n) is 9.02. The van der Waals surface area contributed by atoms with Crippen molar-refractivity contribution in [3.63, 3.8) is 0 Å². The second kappa shape index (κ2) is 8.60. The molecule has 0 aromatic carbocycles. The van der Waals surface area contributed by atoms with Crippen LogP contribution in [0.2, 0.25) is 0 Å². The topological polar surface area (TPSA) is 64.1 Å². The van der Waals surface area contributed by atoms with Crippen LogP contribution in [0.3, 0.4) is 0 Å². The molecule has 1 saturated carbocycles. The van der Waals surface area contributed by atoms with Crippen LogP contribution in [-0.4, -0.2) is 21.9 Å². The Bertz CT molecular complexity index is 667. The van der Waals surface area contributed by atoms with Gasteiger partial charge in [0.1, 0.15) is 6.61 Å². The number of ether oxygens (including phenoxy) is 1. The molecule has 5 nitrogen and oxygen atoms in total. The molecule has 3 rings (SSSR count). The summed E-state index contributed by atoms with van der Waals surface area (Å²) in [7, 11) is 0. The van der Waals surface area contributed by atoms with E-state index in [-0.39, 0.29) is 11.9 Å². The lowest BCUT2D eigenvalue weighted by molar-refractivity contribution is 0.0919. The molecular formula is C20H25N3O2. The van der Waals surface area contributed by atoms with Crippen molar-refractivity contribution in [2.75, 3.05) is 0 Å². The molecule has 1 atom stereocenters. The Kier molecular flexibility index (Phi) is 5.99. The lowest BCUT2D eigenvalue weighted by Crippen LogP contribution is -2.38. The van der Waals surface area contributed by atoms with Gasteiger partial charge in [-0.1, -0.05) is 25.3 Å². The summed E-state index contributed by atoms with van der Waals surface area (Å²) in [6.07, 6.45) is 9.59. The zero-order valence-corrected chi connectivity index (χ0v) is 14.6. The minimum absolute atomic E-state index is 0.0530. The highest BCUT2D eigenvalue weighted by molar-refractivity contribution is 5.94. The second-order valence-electron chi connectivity index (χ2n) is 6.66. The van der Waals surface area contributed by atoms with E-state index in [1.807, 2.05) is 18.2 Å². The summed E-state index contributed by atoms with van der Waals surface area (Å²) in [6, 6.07) is 9.34. The van der Waals surface area contributed by atoms with E-state index in [0.29, 0.717) is 24.0 Å². The molecular weight excluding hydrogens is 314 g/mol. The number of rotatable bonds is 6. The van der Waals surface area contributed by atoms with Gasteiger partial charge in [0.15, 0.2) is 0 Å². The maximum atomic E-state index is 12.4. The number of nitrogens with zero attached hydrogens (tertiary/aromatic N) is 2. The molecule has 2 heterocycles. The van der Waals surface area contributed by atoms with Crippen LogP contribution in [0.25, 0.3) is 0 Å². The molecule has 0 aliphatic heterocycles. The van der Waals surface area contributed by atoms with Crippen LogP contribution < -0.4 is 10.1 Å². The van der Waals surface area contributed by atoms with Gasteiger partial charge in [-0.05, 0) is 43.9 Å². The number of pyridine rings is 2. The van der Waals surface area contributed by atoms with Crippen LogP contribution >= 0.6 is 0 Å². The normalized spacial score (nSPS) is 16.2. The molecule has 1 N–H and O–H groups in total. The molecule has 0 saturated heterocycles. The third-order valence-corrected chi connectivity index (χ3v) is 4.81. The Labute approximate surface area is 148 Å². The van der Waals surface area contributed by atoms with Gasteiger partial charge in [-0.15, -0.1) is 0 Å². The molecule has 132 valence electrons. The van der Waals surface area contributed by atoms with E-state index in [1.165, 1.54) is 32.1 Å². The van der Waals surface area contributed by atoms with Gasteiger partial charge in [-0.25, -0.2) is 4.98 Å². The van der Waals surface area contributed by atoms with Crippen molar-refractivity contribution in [1.82, 2.24) is 15.3 Å². The summed E-state index contributed by atoms with van der Waals surface area (Å²) >= 11 is 0. The van der Waals surface area contributed by atoms with E-state index in [0.717, 1.165) is 5.69 Å². The van der Waals surface area contributed by atoms with Crippen LogP contribution in [-0.2, 0) is 6.61 Å². The lowest BCUT2D eigenvalue weighted by Gasteiger charge is -2.28. The molecule has 0 spiro atoms. The summed E-state index contributed by atoms with van der Waals surface area (Å²) in [4.78, 5) is 20.8. The zero-order chi connectivity index (χ0) is 17.5. The van der Waals surface area contributed by atoms with Crippen LogP contribution in [0.5, 0.6) is 5.88 Å².